The SMILES string of the molecule is CSC(C)(C)c1nccc(N)n1. The topological polar surface area (TPSA) is 51.8 Å². The van der Waals surface area contributed by atoms with E-state index >= 15 is 0 Å². The van der Waals surface area contributed by atoms with Crippen LogP contribution in [0.3, 0.4) is 0 Å². The number of aromatic nitrogens is 2. The van der Waals surface area contributed by atoms with Gasteiger partial charge in [-0.15, -0.1) is 0 Å². The molecule has 0 amide bonds. The van der Waals surface area contributed by atoms with Gasteiger partial charge in [0.2, 0.25) is 0 Å². The largest absolute Gasteiger partial charge is 0.384 e. The highest BCUT2D eigenvalue weighted by molar-refractivity contribution is 7.99. The van der Waals surface area contributed by atoms with Gasteiger partial charge in [0.15, 0.2) is 0 Å². The molecule has 0 unspecified atom stereocenters. The maximum absolute atomic E-state index is 5.55. The Labute approximate surface area is 76.8 Å². The van der Waals surface area contributed by atoms with Crippen LogP contribution in [0.4, 0.5) is 5.82 Å². The number of nitrogen functional groups attached to an aromatic ring is 1. The predicted molar refractivity (Wildman–Crippen MR) is 53.0 cm³/mol. The van der Waals surface area contributed by atoms with E-state index < -0.39 is 0 Å². The van der Waals surface area contributed by atoms with E-state index in [0.29, 0.717) is 5.82 Å². The van der Waals surface area contributed by atoms with Crippen LogP contribution in [0, 0.1) is 0 Å². The van der Waals surface area contributed by atoms with Crippen molar-refractivity contribution in [1.29, 1.82) is 0 Å². The molecule has 0 aromatic carbocycles. The van der Waals surface area contributed by atoms with Crippen molar-refractivity contribution in [2.45, 2.75) is 18.6 Å². The summed E-state index contributed by atoms with van der Waals surface area (Å²) in [6.07, 6.45) is 3.72. The molecule has 0 fully saturated rings. The molecular formula is C8H13N3S. The lowest BCUT2D eigenvalue weighted by atomic mass is 10.2. The number of nitrogens with two attached hydrogens (primary N) is 1. The van der Waals surface area contributed by atoms with Crippen molar-refractivity contribution in [1.82, 2.24) is 9.97 Å². The van der Waals surface area contributed by atoms with Gasteiger partial charge in [0.1, 0.15) is 11.6 Å². The van der Waals surface area contributed by atoms with Crippen molar-refractivity contribution in [2.75, 3.05) is 12.0 Å². The third-order valence-electron chi connectivity index (χ3n) is 1.73. The van der Waals surface area contributed by atoms with Gasteiger partial charge in [-0.3, -0.25) is 0 Å². The molecule has 0 saturated heterocycles. The van der Waals surface area contributed by atoms with Crippen LogP contribution in [-0.2, 0) is 4.75 Å². The van der Waals surface area contributed by atoms with Gasteiger partial charge in [-0.05, 0) is 26.2 Å². The Kier molecular flexibility index (Phi) is 2.57. The molecule has 1 aromatic rings. The van der Waals surface area contributed by atoms with Crippen LogP contribution >= 0.6 is 11.8 Å². The van der Waals surface area contributed by atoms with Gasteiger partial charge < -0.3 is 5.73 Å². The van der Waals surface area contributed by atoms with Gasteiger partial charge >= 0.3 is 0 Å². The Morgan fingerprint density at radius 2 is 2.17 bits per heavy atom. The van der Waals surface area contributed by atoms with Crippen LogP contribution in [-0.4, -0.2) is 16.2 Å². The highest BCUT2D eigenvalue weighted by Gasteiger charge is 2.21. The molecule has 0 bridgehead atoms. The lowest BCUT2D eigenvalue weighted by Gasteiger charge is -2.19. The first-order valence-corrected chi connectivity index (χ1v) is 4.93. The number of rotatable bonds is 2. The van der Waals surface area contributed by atoms with Gasteiger partial charge in [0.05, 0.1) is 4.75 Å². The number of nitrogens with zero attached hydrogens (tertiary/aromatic N) is 2. The monoisotopic (exact) mass is 183 g/mol. The molecule has 0 radical (unpaired) electrons. The Morgan fingerprint density at radius 1 is 1.50 bits per heavy atom. The van der Waals surface area contributed by atoms with E-state index in [1.807, 2.05) is 6.26 Å². The molecule has 0 saturated carbocycles. The fraction of sp³-hybridized carbons (Fsp3) is 0.500. The fourth-order valence-corrected chi connectivity index (χ4v) is 1.03. The van der Waals surface area contributed by atoms with Gasteiger partial charge in [0, 0.05) is 6.20 Å². The highest BCUT2D eigenvalue weighted by Crippen LogP contribution is 2.30. The standard InChI is InChI=1S/C8H13N3S/c1-8(2,12-3)7-10-5-4-6(9)11-7/h4-5H,1-3H3,(H2,9,10,11). The predicted octanol–water partition coefficient (Wildman–Crippen LogP) is 1.66. The van der Waals surface area contributed by atoms with Crippen molar-refractivity contribution in [3.05, 3.63) is 18.1 Å². The molecule has 1 aromatic heterocycles. The molecule has 0 aliphatic rings. The molecule has 0 aliphatic heterocycles. The Hall–Kier alpha value is -0.770. The van der Waals surface area contributed by atoms with Crippen LogP contribution in [0.1, 0.15) is 19.7 Å². The average molecular weight is 183 g/mol. The summed E-state index contributed by atoms with van der Waals surface area (Å²) in [6, 6.07) is 1.69. The van der Waals surface area contributed by atoms with Crippen molar-refractivity contribution in [3.8, 4) is 0 Å². The zero-order chi connectivity index (χ0) is 9.19. The number of hydrogen-bond acceptors (Lipinski definition) is 4. The highest BCUT2D eigenvalue weighted by atomic mass is 32.2. The minimum atomic E-state index is -0.0601. The number of anilines is 1. The summed E-state index contributed by atoms with van der Waals surface area (Å²) in [5.74, 6) is 1.32. The lowest BCUT2D eigenvalue weighted by molar-refractivity contribution is 0.711. The summed E-state index contributed by atoms with van der Waals surface area (Å²) in [4.78, 5) is 8.33. The zero-order valence-corrected chi connectivity index (χ0v) is 8.35. The Bertz CT molecular complexity index is 273. The quantitative estimate of drug-likeness (QED) is 0.757. The van der Waals surface area contributed by atoms with Crippen LogP contribution in [0.2, 0.25) is 0 Å². The summed E-state index contributed by atoms with van der Waals surface area (Å²) < 4.78 is -0.0601. The van der Waals surface area contributed by atoms with Crippen LogP contribution in [0.5, 0.6) is 0 Å². The average Bonchev–Trinajstić information content (AvgIpc) is 2.05. The van der Waals surface area contributed by atoms with Crippen molar-refractivity contribution in [3.63, 3.8) is 0 Å². The number of thioether (sulfide) groups is 1. The molecule has 4 heteroatoms. The molecule has 0 spiro atoms. The second-order valence-corrected chi connectivity index (χ2v) is 4.45. The van der Waals surface area contributed by atoms with E-state index in [1.165, 1.54) is 0 Å². The molecule has 66 valence electrons. The minimum absolute atomic E-state index is 0.0601. The smallest absolute Gasteiger partial charge is 0.146 e. The minimum Gasteiger partial charge on any atom is -0.384 e. The molecule has 3 nitrogen and oxygen atoms in total. The second kappa shape index (κ2) is 3.31. The van der Waals surface area contributed by atoms with Crippen molar-refractivity contribution < 1.29 is 0 Å². The van der Waals surface area contributed by atoms with Crippen LogP contribution < -0.4 is 5.73 Å². The van der Waals surface area contributed by atoms with E-state index in [4.69, 9.17) is 5.73 Å². The molecule has 1 heterocycles. The van der Waals surface area contributed by atoms with E-state index in [2.05, 4.69) is 23.8 Å². The van der Waals surface area contributed by atoms with Crippen LogP contribution in [0.15, 0.2) is 12.3 Å². The maximum Gasteiger partial charge on any atom is 0.146 e. The van der Waals surface area contributed by atoms with Gasteiger partial charge in [-0.2, -0.15) is 11.8 Å². The molecular weight excluding hydrogens is 170 g/mol. The zero-order valence-electron chi connectivity index (χ0n) is 7.53. The Balaban J connectivity index is 3.03. The van der Waals surface area contributed by atoms with Crippen LogP contribution in [0.25, 0.3) is 0 Å². The summed E-state index contributed by atoms with van der Waals surface area (Å²) >= 11 is 1.71. The van der Waals surface area contributed by atoms with Gasteiger partial charge in [0.25, 0.3) is 0 Å². The normalized spacial score (nSPS) is 11.6. The van der Waals surface area contributed by atoms with Crippen molar-refractivity contribution >= 4 is 17.6 Å². The molecule has 1 rings (SSSR count). The molecule has 0 atom stereocenters. The maximum atomic E-state index is 5.55. The number of hydrogen-bond donors (Lipinski definition) is 1. The van der Waals surface area contributed by atoms with E-state index in [1.54, 1.807) is 24.0 Å². The van der Waals surface area contributed by atoms with E-state index in [9.17, 15) is 0 Å². The first kappa shape index (κ1) is 9.32. The summed E-state index contributed by atoms with van der Waals surface area (Å²) in [5.41, 5.74) is 5.55. The van der Waals surface area contributed by atoms with Crippen molar-refractivity contribution in [2.24, 2.45) is 0 Å². The third kappa shape index (κ3) is 1.88. The van der Waals surface area contributed by atoms with E-state index in [-0.39, 0.29) is 4.75 Å². The second-order valence-electron chi connectivity index (χ2n) is 3.02. The summed E-state index contributed by atoms with van der Waals surface area (Å²) in [6.45, 7) is 4.15. The molecule has 2 N–H and O–H groups in total. The Morgan fingerprint density at radius 3 is 2.67 bits per heavy atom. The summed E-state index contributed by atoms with van der Waals surface area (Å²) in [7, 11) is 0. The lowest BCUT2D eigenvalue weighted by Crippen LogP contribution is -2.16. The molecule has 12 heavy (non-hydrogen) atoms. The van der Waals surface area contributed by atoms with Gasteiger partial charge in [-0.25, -0.2) is 9.97 Å². The summed E-state index contributed by atoms with van der Waals surface area (Å²) in [5, 5.41) is 0. The van der Waals surface area contributed by atoms with Gasteiger partial charge in [-0.1, -0.05) is 0 Å². The fourth-order valence-electron chi connectivity index (χ4n) is 0.754. The first-order chi connectivity index (χ1) is 5.56. The first-order valence-electron chi connectivity index (χ1n) is 3.70. The third-order valence-corrected chi connectivity index (χ3v) is 2.93. The molecule has 0 aliphatic carbocycles. The van der Waals surface area contributed by atoms with E-state index in [0.717, 1.165) is 5.82 Å².